The van der Waals surface area contributed by atoms with Crippen LogP contribution in [0, 0.1) is 0 Å². The lowest BCUT2D eigenvalue weighted by molar-refractivity contribution is -0.131. The standard InChI is InChI=1S/C21H32ClN5O2.HI/c1-17(29-19-7-5-6-18(22)14-19)15-24-21(23-2)27-12-10-25(11-13-27)16-20(28)26-8-3-4-9-26;/h5-7,14,17H,3-4,8-13,15-16H2,1-2H3,(H,23,24);1H. The van der Waals surface area contributed by atoms with Gasteiger partial charge in [0.2, 0.25) is 5.91 Å². The van der Waals surface area contributed by atoms with Crippen LogP contribution in [0.5, 0.6) is 5.75 Å². The van der Waals surface area contributed by atoms with Crippen molar-refractivity contribution in [3.8, 4) is 5.75 Å². The number of hydrogen-bond donors (Lipinski definition) is 1. The van der Waals surface area contributed by atoms with Crippen LogP contribution in [0.25, 0.3) is 0 Å². The number of hydrogen-bond acceptors (Lipinski definition) is 4. The zero-order valence-corrected chi connectivity index (χ0v) is 20.9. The highest BCUT2D eigenvalue weighted by Gasteiger charge is 2.24. The molecule has 1 atom stereocenters. The zero-order valence-electron chi connectivity index (χ0n) is 17.8. The number of amides is 1. The first-order valence-corrected chi connectivity index (χ1v) is 10.8. The van der Waals surface area contributed by atoms with Gasteiger partial charge in [-0.25, -0.2) is 0 Å². The highest BCUT2D eigenvalue weighted by Crippen LogP contribution is 2.18. The summed E-state index contributed by atoms with van der Waals surface area (Å²) < 4.78 is 5.92. The van der Waals surface area contributed by atoms with Crippen molar-refractivity contribution in [2.24, 2.45) is 4.99 Å². The molecule has 0 aromatic heterocycles. The van der Waals surface area contributed by atoms with E-state index in [1.54, 1.807) is 7.05 Å². The highest BCUT2D eigenvalue weighted by molar-refractivity contribution is 14.0. The van der Waals surface area contributed by atoms with E-state index in [4.69, 9.17) is 16.3 Å². The Hall–Kier alpha value is -1.26. The van der Waals surface area contributed by atoms with E-state index in [0.29, 0.717) is 18.1 Å². The van der Waals surface area contributed by atoms with E-state index in [-0.39, 0.29) is 36.0 Å². The molecule has 0 spiro atoms. The lowest BCUT2D eigenvalue weighted by Gasteiger charge is -2.36. The number of guanidine groups is 1. The van der Waals surface area contributed by atoms with Crippen molar-refractivity contribution in [3.63, 3.8) is 0 Å². The minimum atomic E-state index is -0.0235. The molecule has 2 aliphatic heterocycles. The van der Waals surface area contributed by atoms with Crippen molar-refractivity contribution in [1.29, 1.82) is 0 Å². The van der Waals surface area contributed by atoms with Gasteiger partial charge >= 0.3 is 0 Å². The Bertz CT molecular complexity index is 706. The maximum Gasteiger partial charge on any atom is 0.236 e. The molecule has 1 aromatic rings. The molecular formula is C21H33ClIN5O2. The van der Waals surface area contributed by atoms with Crippen molar-refractivity contribution in [2.75, 3.05) is 59.4 Å². The Morgan fingerprint density at radius 2 is 1.87 bits per heavy atom. The van der Waals surface area contributed by atoms with Gasteiger partial charge < -0.3 is 19.9 Å². The fourth-order valence-electron chi connectivity index (χ4n) is 3.76. The van der Waals surface area contributed by atoms with Gasteiger partial charge in [0.1, 0.15) is 11.9 Å². The molecule has 9 heteroatoms. The minimum absolute atomic E-state index is 0. The molecule has 2 fully saturated rings. The third kappa shape index (κ3) is 7.46. The third-order valence-electron chi connectivity index (χ3n) is 5.38. The molecule has 0 saturated carbocycles. The minimum Gasteiger partial charge on any atom is -0.489 e. The number of likely N-dealkylation sites (tertiary alicyclic amines) is 1. The van der Waals surface area contributed by atoms with Gasteiger partial charge in [-0.15, -0.1) is 24.0 Å². The van der Waals surface area contributed by atoms with Crippen LogP contribution in [0.4, 0.5) is 0 Å². The summed E-state index contributed by atoms with van der Waals surface area (Å²) >= 11 is 6.01. The van der Waals surface area contributed by atoms with Gasteiger partial charge in [-0.05, 0) is 38.0 Å². The molecule has 168 valence electrons. The SMILES string of the molecule is CN=C(NCC(C)Oc1cccc(Cl)c1)N1CCN(CC(=O)N2CCCC2)CC1.I. The topological polar surface area (TPSA) is 60.4 Å². The zero-order chi connectivity index (χ0) is 20.6. The van der Waals surface area contributed by atoms with Gasteiger partial charge in [-0.1, -0.05) is 17.7 Å². The molecule has 1 aromatic carbocycles. The maximum absolute atomic E-state index is 12.3. The van der Waals surface area contributed by atoms with Crippen molar-refractivity contribution in [1.82, 2.24) is 20.0 Å². The molecule has 7 nitrogen and oxygen atoms in total. The van der Waals surface area contributed by atoms with E-state index in [1.807, 2.05) is 36.1 Å². The first-order chi connectivity index (χ1) is 14.0. The Morgan fingerprint density at radius 1 is 1.17 bits per heavy atom. The van der Waals surface area contributed by atoms with E-state index in [9.17, 15) is 4.79 Å². The molecule has 0 radical (unpaired) electrons. The third-order valence-corrected chi connectivity index (χ3v) is 5.62. The van der Waals surface area contributed by atoms with Gasteiger partial charge in [0, 0.05) is 51.3 Å². The lowest BCUT2D eigenvalue weighted by atomic mass is 10.3. The summed E-state index contributed by atoms with van der Waals surface area (Å²) in [6, 6.07) is 7.43. The van der Waals surface area contributed by atoms with Gasteiger partial charge in [-0.2, -0.15) is 0 Å². The molecule has 1 N–H and O–H groups in total. The molecular weight excluding hydrogens is 517 g/mol. The van der Waals surface area contributed by atoms with Crippen LogP contribution in [0.15, 0.2) is 29.3 Å². The number of rotatable bonds is 6. The Labute approximate surface area is 201 Å². The maximum atomic E-state index is 12.3. The number of carbonyl (C=O) groups is 1. The van der Waals surface area contributed by atoms with Crippen molar-refractivity contribution < 1.29 is 9.53 Å². The Balaban J connectivity index is 0.00000320. The van der Waals surface area contributed by atoms with Gasteiger partial charge in [0.25, 0.3) is 0 Å². The van der Waals surface area contributed by atoms with Crippen LogP contribution in [-0.4, -0.2) is 92.1 Å². The van der Waals surface area contributed by atoms with Crippen LogP contribution in [0.1, 0.15) is 19.8 Å². The Morgan fingerprint density at radius 3 is 2.50 bits per heavy atom. The summed E-state index contributed by atoms with van der Waals surface area (Å²) in [5, 5.41) is 4.06. The molecule has 2 saturated heterocycles. The fraction of sp³-hybridized carbons (Fsp3) is 0.619. The van der Waals surface area contributed by atoms with Crippen LogP contribution in [-0.2, 0) is 4.79 Å². The van der Waals surface area contributed by atoms with Crippen molar-refractivity contribution in [2.45, 2.75) is 25.9 Å². The number of piperazine rings is 1. The fourth-order valence-corrected chi connectivity index (χ4v) is 3.94. The predicted octanol–water partition coefficient (Wildman–Crippen LogP) is 2.54. The van der Waals surface area contributed by atoms with Crippen LogP contribution >= 0.6 is 35.6 Å². The van der Waals surface area contributed by atoms with E-state index >= 15 is 0 Å². The number of aliphatic imine (C=N–C) groups is 1. The van der Waals surface area contributed by atoms with Crippen molar-refractivity contribution in [3.05, 3.63) is 29.3 Å². The predicted molar refractivity (Wildman–Crippen MR) is 132 cm³/mol. The van der Waals surface area contributed by atoms with E-state index in [0.717, 1.165) is 63.8 Å². The van der Waals surface area contributed by atoms with Crippen LogP contribution < -0.4 is 10.1 Å². The number of ether oxygens (including phenoxy) is 1. The monoisotopic (exact) mass is 549 g/mol. The average Bonchev–Trinajstić information content (AvgIpc) is 3.25. The summed E-state index contributed by atoms with van der Waals surface area (Å²) in [6.45, 7) is 8.49. The summed E-state index contributed by atoms with van der Waals surface area (Å²) in [6.07, 6.45) is 2.26. The largest absolute Gasteiger partial charge is 0.489 e. The van der Waals surface area contributed by atoms with Gasteiger partial charge in [0.05, 0.1) is 13.1 Å². The molecule has 2 aliphatic rings. The first-order valence-electron chi connectivity index (χ1n) is 10.4. The molecule has 1 unspecified atom stereocenters. The number of carbonyl (C=O) groups excluding carboxylic acids is 1. The number of halogens is 2. The second-order valence-corrected chi connectivity index (χ2v) is 8.10. The highest BCUT2D eigenvalue weighted by atomic mass is 127. The second-order valence-electron chi connectivity index (χ2n) is 7.67. The normalized spacial score (nSPS) is 18.7. The smallest absolute Gasteiger partial charge is 0.236 e. The quantitative estimate of drug-likeness (QED) is 0.336. The molecule has 30 heavy (non-hydrogen) atoms. The second kappa shape index (κ2) is 12.6. The summed E-state index contributed by atoms with van der Waals surface area (Å²) in [7, 11) is 1.80. The molecule has 1 amide bonds. The van der Waals surface area contributed by atoms with E-state index in [2.05, 4.69) is 20.1 Å². The summed E-state index contributed by atoms with van der Waals surface area (Å²) in [5.74, 6) is 1.90. The lowest BCUT2D eigenvalue weighted by Crippen LogP contribution is -2.54. The van der Waals surface area contributed by atoms with Gasteiger partial charge in [-0.3, -0.25) is 14.7 Å². The van der Waals surface area contributed by atoms with E-state index in [1.165, 1.54) is 0 Å². The van der Waals surface area contributed by atoms with Crippen LogP contribution in [0.2, 0.25) is 5.02 Å². The number of nitrogens with zero attached hydrogens (tertiary/aromatic N) is 4. The summed E-state index contributed by atoms with van der Waals surface area (Å²) in [5.41, 5.74) is 0. The first kappa shape index (κ1) is 25.0. The summed E-state index contributed by atoms with van der Waals surface area (Å²) in [4.78, 5) is 23.2. The number of benzene rings is 1. The Kier molecular flexibility index (Phi) is 10.5. The molecule has 3 rings (SSSR count). The molecule has 0 aliphatic carbocycles. The average molecular weight is 550 g/mol. The van der Waals surface area contributed by atoms with Crippen LogP contribution in [0.3, 0.4) is 0 Å². The number of nitrogens with one attached hydrogen (secondary N) is 1. The van der Waals surface area contributed by atoms with Crippen molar-refractivity contribution >= 4 is 47.4 Å². The molecule has 0 bridgehead atoms. The van der Waals surface area contributed by atoms with E-state index < -0.39 is 0 Å². The van der Waals surface area contributed by atoms with Gasteiger partial charge in [0.15, 0.2) is 5.96 Å². The molecule has 2 heterocycles.